The highest BCUT2D eigenvalue weighted by Crippen LogP contribution is 2.45. The second-order valence-electron chi connectivity index (χ2n) is 8.76. The predicted octanol–water partition coefficient (Wildman–Crippen LogP) is 9.76. The summed E-state index contributed by atoms with van der Waals surface area (Å²) in [7, 11) is 0. The lowest BCUT2D eigenvalue weighted by molar-refractivity contribution is 1.23. The van der Waals surface area contributed by atoms with Gasteiger partial charge < -0.3 is 0 Å². The molecular weight excluding hydrogens is 524 g/mol. The van der Waals surface area contributed by atoms with Crippen molar-refractivity contribution in [2.24, 2.45) is 0 Å². The molecular formula is C32H19BrN2S. The molecule has 0 radical (unpaired) electrons. The molecule has 0 aliphatic carbocycles. The molecule has 0 spiro atoms. The van der Waals surface area contributed by atoms with Crippen molar-refractivity contribution in [2.75, 3.05) is 0 Å². The van der Waals surface area contributed by atoms with E-state index < -0.39 is 0 Å². The van der Waals surface area contributed by atoms with Crippen LogP contribution in [-0.4, -0.2) is 9.97 Å². The first-order chi connectivity index (χ1) is 17.8. The first-order valence-electron chi connectivity index (χ1n) is 11.8. The zero-order chi connectivity index (χ0) is 24.1. The van der Waals surface area contributed by atoms with Crippen molar-refractivity contribution in [3.8, 4) is 33.1 Å². The molecule has 2 aromatic heterocycles. The molecule has 5 aromatic carbocycles. The van der Waals surface area contributed by atoms with E-state index in [1.54, 1.807) is 0 Å². The van der Waals surface area contributed by atoms with Crippen molar-refractivity contribution >= 4 is 59.0 Å². The molecule has 0 atom stereocenters. The summed E-state index contributed by atoms with van der Waals surface area (Å²) in [6.07, 6.45) is 0. The van der Waals surface area contributed by atoms with Crippen LogP contribution in [0.4, 0.5) is 0 Å². The minimum absolute atomic E-state index is 0.735. The van der Waals surface area contributed by atoms with Crippen LogP contribution in [0.25, 0.3) is 64.8 Å². The molecule has 36 heavy (non-hydrogen) atoms. The fraction of sp³-hybridized carbons (Fsp3) is 0. The molecule has 0 aliphatic heterocycles. The van der Waals surface area contributed by atoms with Gasteiger partial charge in [0.1, 0.15) is 0 Å². The Hall–Kier alpha value is -3.86. The van der Waals surface area contributed by atoms with E-state index >= 15 is 0 Å². The number of fused-ring (bicyclic) bond motifs is 3. The molecule has 2 nitrogen and oxygen atoms in total. The Labute approximate surface area is 221 Å². The van der Waals surface area contributed by atoms with Gasteiger partial charge in [0.2, 0.25) is 0 Å². The number of rotatable bonds is 3. The SMILES string of the molecule is Brc1c(-c2cccc3ccccc23)sc2ccc(-c3nc(-c4ccccc4)c4ccccc4n3)cc12. The van der Waals surface area contributed by atoms with Crippen molar-refractivity contribution in [1.29, 1.82) is 0 Å². The van der Waals surface area contributed by atoms with E-state index in [0.29, 0.717) is 0 Å². The fourth-order valence-electron chi connectivity index (χ4n) is 4.83. The van der Waals surface area contributed by atoms with Gasteiger partial charge in [-0.25, -0.2) is 9.97 Å². The number of thiophene rings is 1. The van der Waals surface area contributed by atoms with E-state index in [9.17, 15) is 0 Å². The molecule has 2 heterocycles. The molecule has 7 aromatic rings. The smallest absolute Gasteiger partial charge is 0.160 e. The van der Waals surface area contributed by atoms with Crippen molar-refractivity contribution in [3.05, 3.63) is 120 Å². The van der Waals surface area contributed by atoms with Gasteiger partial charge in [0.15, 0.2) is 5.82 Å². The number of hydrogen-bond donors (Lipinski definition) is 0. The summed E-state index contributed by atoms with van der Waals surface area (Å²) in [5.74, 6) is 0.735. The Balaban J connectivity index is 1.42. The summed E-state index contributed by atoms with van der Waals surface area (Å²) in [4.78, 5) is 11.3. The van der Waals surface area contributed by atoms with E-state index in [0.717, 1.165) is 38.0 Å². The van der Waals surface area contributed by atoms with Gasteiger partial charge in [0.05, 0.1) is 16.1 Å². The van der Waals surface area contributed by atoms with Gasteiger partial charge in [-0.2, -0.15) is 0 Å². The van der Waals surface area contributed by atoms with Gasteiger partial charge in [0.25, 0.3) is 0 Å². The topological polar surface area (TPSA) is 25.8 Å². The molecule has 0 fully saturated rings. The van der Waals surface area contributed by atoms with Crippen LogP contribution < -0.4 is 0 Å². The van der Waals surface area contributed by atoms with Gasteiger partial charge in [0, 0.05) is 36.6 Å². The van der Waals surface area contributed by atoms with Crippen LogP contribution in [0.3, 0.4) is 0 Å². The molecule has 7 rings (SSSR count). The number of benzene rings is 5. The Bertz CT molecular complexity index is 1900. The quantitative estimate of drug-likeness (QED) is 0.222. The lowest BCUT2D eigenvalue weighted by Crippen LogP contribution is -1.95. The minimum Gasteiger partial charge on any atom is -0.228 e. The Morgan fingerprint density at radius 1 is 0.583 bits per heavy atom. The number of aromatic nitrogens is 2. The molecule has 0 unspecified atom stereocenters. The molecule has 0 bridgehead atoms. The molecule has 4 heteroatoms. The summed E-state index contributed by atoms with van der Waals surface area (Å²) in [6, 6.07) is 40.2. The Kier molecular flexibility index (Phi) is 5.16. The lowest BCUT2D eigenvalue weighted by atomic mass is 10.0. The first-order valence-corrected chi connectivity index (χ1v) is 13.4. The van der Waals surface area contributed by atoms with Gasteiger partial charge in [-0.15, -0.1) is 11.3 Å². The van der Waals surface area contributed by atoms with Crippen LogP contribution in [0.1, 0.15) is 0 Å². The molecule has 170 valence electrons. The van der Waals surface area contributed by atoms with Crippen molar-refractivity contribution in [1.82, 2.24) is 9.97 Å². The third kappa shape index (κ3) is 3.53. The zero-order valence-electron chi connectivity index (χ0n) is 19.2. The molecule has 0 N–H and O–H groups in total. The third-order valence-electron chi connectivity index (χ3n) is 6.57. The van der Waals surface area contributed by atoms with E-state index in [-0.39, 0.29) is 0 Å². The van der Waals surface area contributed by atoms with E-state index in [1.807, 2.05) is 29.5 Å². The molecule has 0 amide bonds. The van der Waals surface area contributed by atoms with Gasteiger partial charge in [-0.05, 0) is 51.0 Å². The number of halogens is 1. The Morgan fingerprint density at radius 2 is 1.33 bits per heavy atom. The first kappa shape index (κ1) is 21.4. The minimum atomic E-state index is 0.735. The van der Waals surface area contributed by atoms with Crippen LogP contribution in [0, 0.1) is 0 Å². The highest BCUT2D eigenvalue weighted by atomic mass is 79.9. The number of hydrogen-bond acceptors (Lipinski definition) is 3. The van der Waals surface area contributed by atoms with Crippen LogP contribution in [0.2, 0.25) is 0 Å². The molecule has 0 saturated heterocycles. The van der Waals surface area contributed by atoms with E-state index in [4.69, 9.17) is 9.97 Å². The summed E-state index contributed by atoms with van der Waals surface area (Å²) < 4.78 is 2.35. The summed E-state index contributed by atoms with van der Waals surface area (Å²) in [5.41, 5.74) is 5.25. The van der Waals surface area contributed by atoms with Gasteiger partial charge in [-0.1, -0.05) is 91.0 Å². The van der Waals surface area contributed by atoms with Gasteiger partial charge in [-0.3, -0.25) is 0 Å². The summed E-state index contributed by atoms with van der Waals surface area (Å²) in [5, 5.41) is 4.75. The number of nitrogens with zero attached hydrogens (tertiary/aromatic N) is 2. The highest BCUT2D eigenvalue weighted by Gasteiger charge is 2.16. The monoisotopic (exact) mass is 542 g/mol. The van der Waals surface area contributed by atoms with Gasteiger partial charge >= 0.3 is 0 Å². The maximum absolute atomic E-state index is 5.06. The predicted molar refractivity (Wildman–Crippen MR) is 156 cm³/mol. The molecule has 0 saturated carbocycles. The maximum Gasteiger partial charge on any atom is 0.160 e. The van der Waals surface area contributed by atoms with Crippen LogP contribution in [-0.2, 0) is 0 Å². The molecule has 0 aliphatic rings. The van der Waals surface area contributed by atoms with Crippen molar-refractivity contribution in [3.63, 3.8) is 0 Å². The Morgan fingerprint density at radius 3 is 2.22 bits per heavy atom. The highest BCUT2D eigenvalue weighted by molar-refractivity contribution is 9.10. The second kappa shape index (κ2) is 8.66. The van der Waals surface area contributed by atoms with E-state index in [1.165, 1.54) is 31.3 Å². The number of para-hydroxylation sites is 1. The zero-order valence-corrected chi connectivity index (χ0v) is 21.6. The fourth-order valence-corrected chi connectivity index (χ4v) is 6.86. The largest absolute Gasteiger partial charge is 0.228 e. The summed E-state index contributed by atoms with van der Waals surface area (Å²) in [6.45, 7) is 0. The average Bonchev–Trinajstić information content (AvgIpc) is 3.28. The average molecular weight is 543 g/mol. The van der Waals surface area contributed by atoms with Crippen molar-refractivity contribution in [2.45, 2.75) is 0 Å². The van der Waals surface area contributed by atoms with E-state index in [2.05, 4.69) is 113 Å². The van der Waals surface area contributed by atoms with Crippen molar-refractivity contribution < 1.29 is 0 Å². The normalized spacial score (nSPS) is 11.5. The second-order valence-corrected chi connectivity index (χ2v) is 10.6. The van der Waals surface area contributed by atoms with Crippen LogP contribution in [0.5, 0.6) is 0 Å². The standard InChI is InChI=1S/C32H19BrN2S/c33-29-26-19-22(17-18-28(26)36-31(29)24-15-8-12-20-9-4-5-13-23(20)24)32-34-27-16-7-6-14-25(27)30(35-32)21-10-2-1-3-11-21/h1-19H. The third-order valence-corrected chi connectivity index (χ3v) is 8.86. The summed E-state index contributed by atoms with van der Waals surface area (Å²) >= 11 is 5.75. The maximum atomic E-state index is 5.06. The van der Waals surface area contributed by atoms with Crippen LogP contribution in [0.15, 0.2) is 120 Å². The lowest BCUT2D eigenvalue weighted by Gasteiger charge is -2.09. The van der Waals surface area contributed by atoms with Crippen LogP contribution >= 0.6 is 27.3 Å².